The molecule has 2 nitrogen and oxygen atoms in total. The highest BCUT2D eigenvalue weighted by molar-refractivity contribution is 6.48. The second-order valence-electron chi connectivity index (χ2n) is 3.70. The first-order valence-corrected chi connectivity index (χ1v) is 5.59. The molecule has 2 atom stereocenters. The third-order valence-electron chi connectivity index (χ3n) is 2.82. The van der Waals surface area contributed by atoms with Crippen molar-refractivity contribution in [3.05, 3.63) is 11.1 Å². The lowest BCUT2D eigenvalue weighted by Crippen LogP contribution is -2.40. The van der Waals surface area contributed by atoms with E-state index in [1.165, 1.54) is 0 Å². The van der Waals surface area contributed by atoms with Crippen LogP contribution in [-0.4, -0.2) is 22.3 Å². The fraction of sp³-hybridized carbons (Fsp3) is 0.600. The Kier molecular flexibility index (Phi) is 2.67. The van der Waals surface area contributed by atoms with Crippen LogP contribution in [0.4, 0.5) is 0 Å². The lowest BCUT2D eigenvalue weighted by Gasteiger charge is -2.28. The molecule has 0 N–H and O–H groups in total. The van der Waals surface area contributed by atoms with Gasteiger partial charge in [-0.1, -0.05) is 0 Å². The van der Waals surface area contributed by atoms with E-state index in [1.54, 1.807) is 0 Å². The zero-order chi connectivity index (χ0) is 10.3. The minimum atomic E-state index is -0.860. The van der Waals surface area contributed by atoms with E-state index in [4.69, 9.17) is 23.2 Å². The van der Waals surface area contributed by atoms with Crippen molar-refractivity contribution in [2.24, 2.45) is 0 Å². The normalized spacial score (nSPS) is 33.3. The molecule has 0 aromatic heterocycles. The van der Waals surface area contributed by atoms with E-state index in [1.807, 2.05) is 0 Å². The molecule has 0 radical (unpaired) electrons. The maximum absolute atomic E-state index is 11.7. The first kappa shape index (κ1) is 10.2. The molecule has 0 fully saturated rings. The highest BCUT2D eigenvalue weighted by Gasteiger charge is 2.41. The lowest BCUT2D eigenvalue weighted by molar-refractivity contribution is -0.122. The summed E-state index contributed by atoms with van der Waals surface area (Å²) >= 11 is 11.6. The maximum atomic E-state index is 11.7. The predicted octanol–water partition coefficient (Wildman–Crippen LogP) is 2.22. The van der Waals surface area contributed by atoms with Crippen LogP contribution in [0.15, 0.2) is 11.1 Å². The quantitative estimate of drug-likeness (QED) is 0.601. The number of hydrogen-bond donors (Lipinski definition) is 0. The number of allylic oxidation sites excluding steroid dienone is 2. The summed E-state index contributed by atoms with van der Waals surface area (Å²) in [6, 6.07) is 0. The van der Waals surface area contributed by atoms with E-state index in [0.717, 1.165) is 12.8 Å². The Bertz CT molecular complexity index is 301. The molecular weight excluding hydrogens is 223 g/mol. The standard InChI is InChI=1S/C10H10Cl2O2/c11-7-8(12)10(14)6-4-2-1-3-5(6)9(7)13/h7-8H,1-4H2/t7-,8-/m0/s1. The zero-order valence-electron chi connectivity index (χ0n) is 7.56. The third kappa shape index (κ3) is 1.41. The summed E-state index contributed by atoms with van der Waals surface area (Å²) < 4.78 is 0. The van der Waals surface area contributed by atoms with E-state index >= 15 is 0 Å². The van der Waals surface area contributed by atoms with Gasteiger partial charge in [-0.3, -0.25) is 9.59 Å². The molecule has 0 saturated carbocycles. The average molecular weight is 233 g/mol. The number of rotatable bonds is 0. The molecule has 2 rings (SSSR count). The Labute approximate surface area is 92.3 Å². The lowest BCUT2D eigenvalue weighted by atomic mass is 9.80. The van der Waals surface area contributed by atoms with E-state index < -0.39 is 10.8 Å². The fourth-order valence-corrected chi connectivity index (χ4v) is 2.54. The number of carbonyl (C=O) groups excluding carboxylic acids is 2. The van der Waals surface area contributed by atoms with Gasteiger partial charge in [0.1, 0.15) is 10.8 Å². The third-order valence-corrected chi connectivity index (χ3v) is 3.85. The molecule has 2 aliphatic rings. The summed E-state index contributed by atoms with van der Waals surface area (Å²) in [5.41, 5.74) is 1.27. The van der Waals surface area contributed by atoms with Crippen molar-refractivity contribution in [1.82, 2.24) is 0 Å². The molecule has 0 saturated heterocycles. The van der Waals surface area contributed by atoms with Crippen LogP contribution in [-0.2, 0) is 9.59 Å². The molecule has 14 heavy (non-hydrogen) atoms. The molecule has 0 aromatic rings. The van der Waals surface area contributed by atoms with Crippen molar-refractivity contribution in [3.63, 3.8) is 0 Å². The van der Waals surface area contributed by atoms with Crippen LogP contribution in [0.1, 0.15) is 25.7 Å². The number of halogens is 2. The number of carbonyl (C=O) groups is 2. The van der Waals surface area contributed by atoms with Crippen LogP contribution in [0.3, 0.4) is 0 Å². The number of alkyl halides is 2. The highest BCUT2D eigenvalue weighted by Crippen LogP contribution is 2.35. The van der Waals surface area contributed by atoms with Gasteiger partial charge in [0.15, 0.2) is 11.6 Å². The minimum absolute atomic E-state index is 0.138. The van der Waals surface area contributed by atoms with Gasteiger partial charge in [-0.05, 0) is 25.7 Å². The molecule has 76 valence electrons. The Morgan fingerprint density at radius 2 is 1.21 bits per heavy atom. The van der Waals surface area contributed by atoms with Crippen molar-refractivity contribution in [2.75, 3.05) is 0 Å². The summed E-state index contributed by atoms with van der Waals surface area (Å²) in [7, 11) is 0. The first-order chi connectivity index (χ1) is 6.63. The molecule has 0 heterocycles. The van der Waals surface area contributed by atoms with E-state index in [2.05, 4.69) is 0 Å². The molecule has 0 unspecified atom stereocenters. The minimum Gasteiger partial charge on any atom is -0.293 e. The Morgan fingerprint density at radius 1 is 0.857 bits per heavy atom. The molecule has 0 aliphatic heterocycles. The second kappa shape index (κ2) is 3.67. The monoisotopic (exact) mass is 232 g/mol. The highest BCUT2D eigenvalue weighted by atomic mass is 35.5. The van der Waals surface area contributed by atoms with Crippen LogP contribution >= 0.6 is 23.2 Å². The van der Waals surface area contributed by atoms with E-state index in [9.17, 15) is 9.59 Å². The van der Waals surface area contributed by atoms with Crippen LogP contribution < -0.4 is 0 Å². The summed E-state index contributed by atoms with van der Waals surface area (Å²) in [6.07, 6.45) is 3.31. The fourth-order valence-electron chi connectivity index (χ4n) is 2.05. The Balaban J connectivity index is 2.45. The first-order valence-electron chi connectivity index (χ1n) is 4.71. The Hall–Kier alpha value is -0.340. The molecule has 4 heteroatoms. The van der Waals surface area contributed by atoms with Crippen LogP contribution in [0.25, 0.3) is 0 Å². The summed E-state index contributed by atoms with van der Waals surface area (Å²) in [5.74, 6) is -0.276. The van der Waals surface area contributed by atoms with Gasteiger partial charge in [0.2, 0.25) is 0 Å². The summed E-state index contributed by atoms with van der Waals surface area (Å²) in [6.45, 7) is 0. The van der Waals surface area contributed by atoms with Gasteiger partial charge in [0.25, 0.3) is 0 Å². The maximum Gasteiger partial charge on any atom is 0.179 e. The van der Waals surface area contributed by atoms with Gasteiger partial charge in [-0.25, -0.2) is 0 Å². The number of hydrogen-bond acceptors (Lipinski definition) is 2. The van der Waals surface area contributed by atoms with Crippen molar-refractivity contribution in [1.29, 1.82) is 0 Å². The molecule has 0 aromatic carbocycles. The summed E-state index contributed by atoms with van der Waals surface area (Å²) in [4.78, 5) is 23.4. The number of Topliss-reactive ketones (excluding diaryl/α,β-unsaturated/α-hetero) is 2. The molecular formula is C10H10Cl2O2. The topological polar surface area (TPSA) is 34.1 Å². The van der Waals surface area contributed by atoms with Gasteiger partial charge in [-0.15, -0.1) is 23.2 Å². The van der Waals surface area contributed by atoms with Crippen molar-refractivity contribution in [2.45, 2.75) is 36.4 Å². The van der Waals surface area contributed by atoms with Gasteiger partial charge < -0.3 is 0 Å². The Morgan fingerprint density at radius 3 is 1.57 bits per heavy atom. The van der Waals surface area contributed by atoms with Gasteiger partial charge >= 0.3 is 0 Å². The van der Waals surface area contributed by atoms with Crippen molar-refractivity contribution < 1.29 is 9.59 Å². The molecule has 2 aliphatic carbocycles. The largest absolute Gasteiger partial charge is 0.293 e. The predicted molar refractivity (Wildman–Crippen MR) is 54.8 cm³/mol. The average Bonchev–Trinajstić information content (AvgIpc) is 2.23. The van der Waals surface area contributed by atoms with Gasteiger partial charge in [-0.2, -0.15) is 0 Å². The molecule has 0 amide bonds. The number of ketones is 2. The van der Waals surface area contributed by atoms with E-state index in [-0.39, 0.29) is 11.6 Å². The van der Waals surface area contributed by atoms with Crippen LogP contribution in [0, 0.1) is 0 Å². The van der Waals surface area contributed by atoms with Crippen LogP contribution in [0.5, 0.6) is 0 Å². The van der Waals surface area contributed by atoms with Crippen LogP contribution in [0.2, 0.25) is 0 Å². The van der Waals surface area contributed by atoms with Crippen molar-refractivity contribution >= 4 is 34.8 Å². The SMILES string of the molecule is O=C1C2=C(CCCC2)C(=O)[C@@H](Cl)[C@@H]1Cl. The van der Waals surface area contributed by atoms with Crippen molar-refractivity contribution in [3.8, 4) is 0 Å². The van der Waals surface area contributed by atoms with Gasteiger partial charge in [0.05, 0.1) is 0 Å². The molecule has 0 bridgehead atoms. The summed E-state index contributed by atoms with van der Waals surface area (Å²) in [5, 5.41) is -1.72. The van der Waals surface area contributed by atoms with E-state index in [0.29, 0.717) is 24.0 Å². The zero-order valence-corrected chi connectivity index (χ0v) is 9.07. The van der Waals surface area contributed by atoms with Gasteiger partial charge in [0, 0.05) is 11.1 Å². The smallest absolute Gasteiger partial charge is 0.179 e. The second-order valence-corrected chi connectivity index (χ2v) is 4.64. The molecule has 0 spiro atoms.